The molecule has 3 aromatic rings. The molecule has 25 heavy (non-hydrogen) atoms. The average Bonchev–Trinajstić information content (AvgIpc) is 2.98. The predicted octanol–water partition coefficient (Wildman–Crippen LogP) is 4.36. The molecule has 0 aliphatic carbocycles. The molecule has 3 heterocycles. The Labute approximate surface area is 152 Å². The van der Waals surface area contributed by atoms with Gasteiger partial charge in [-0.3, -0.25) is 4.98 Å². The zero-order valence-electron chi connectivity index (χ0n) is 14.8. The minimum absolute atomic E-state index is 0.0625. The highest BCUT2D eigenvalue weighted by molar-refractivity contribution is 7.22. The summed E-state index contributed by atoms with van der Waals surface area (Å²) in [4.78, 5) is 10.0. The van der Waals surface area contributed by atoms with E-state index in [1.54, 1.807) is 23.7 Å². The van der Waals surface area contributed by atoms with E-state index in [4.69, 9.17) is 10.1 Å². The molecule has 5 nitrogen and oxygen atoms in total. The van der Waals surface area contributed by atoms with Gasteiger partial charge in [0, 0.05) is 42.0 Å². The van der Waals surface area contributed by atoms with Crippen LogP contribution in [0.1, 0.15) is 27.2 Å². The number of pyridine rings is 2. The SMILES string of the molecule is CC(C)(C)Nc1cc(NCCCO)c2sc(-c3ccncc3)cc2n1. The summed E-state index contributed by atoms with van der Waals surface area (Å²) < 4.78 is 1.13. The standard InChI is InChI=1S/C19H24N4OS/c1-19(2,3)23-17-12-14(21-7-4-10-24)18-15(22-17)11-16(25-18)13-5-8-20-9-6-13/h5-6,8-9,11-12,24H,4,7,10H2,1-3H3,(H2,21,22,23). The first kappa shape index (κ1) is 17.6. The number of hydrogen-bond donors (Lipinski definition) is 3. The number of aromatic nitrogens is 2. The second-order valence-corrected chi connectivity index (χ2v) is 8.05. The lowest BCUT2D eigenvalue weighted by Crippen LogP contribution is -2.26. The maximum Gasteiger partial charge on any atom is 0.129 e. The zero-order chi connectivity index (χ0) is 17.9. The van der Waals surface area contributed by atoms with Crippen LogP contribution in [0.4, 0.5) is 11.5 Å². The summed E-state index contributed by atoms with van der Waals surface area (Å²) in [6, 6.07) is 8.20. The Morgan fingerprint density at radius 1 is 1.16 bits per heavy atom. The Morgan fingerprint density at radius 3 is 2.60 bits per heavy atom. The van der Waals surface area contributed by atoms with E-state index in [2.05, 4.69) is 48.5 Å². The quantitative estimate of drug-likeness (QED) is 0.572. The second-order valence-electron chi connectivity index (χ2n) is 6.99. The van der Waals surface area contributed by atoms with E-state index in [9.17, 15) is 0 Å². The maximum absolute atomic E-state index is 9.05. The van der Waals surface area contributed by atoms with Gasteiger partial charge in [0.15, 0.2) is 0 Å². The fraction of sp³-hybridized carbons (Fsp3) is 0.368. The van der Waals surface area contributed by atoms with Crippen LogP contribution in [-0.4, -0.2) is 33.8 Å². The van der Waals surface area contributed by atoms with Crippen LogP contribution in [0.25, 0.3) is 20.7 Å². The van der Waals surface area contributed by atoms with Crippen LogP contribution in [0.15, 0.2) is 36.7 Å². The van der Waals surface area contributed by atoms with Crippen LogP contribution in [0.5, 0.6) is 0 Å². The number of nitrogens with one attached hydrogen (secondary N) is 2. The number of nitrogens with zero attached hydrogens (tertiary/aromatic N) is 2. The third-order valence-electron chi connectivity index (χ3n) is 3.60. The molecule has 0 aliphatic heterocycles. The van der Waals surface area contributed by atoms with Gasteiger partial charge in [-0.15, -0.1) is 11.3 Å². The number of anilines is 2. The Morgan fingerprint density at radius 2 is 1.92 bits per heavy atom. The summed E-state index contributed by atoms with van der Waals surface area (Å²) in [5.74, 6) is 0.852. The molecule has 3 rings (SSSR count). The lowest BCUT2D eigenvalue weighted by atomic mass is 10.1. The molecule has 6 heteroatoms. The Kier molecular flexibility index (Phi) is 5.20. The van der Waals surface area contributed by atoms with Gasteiger partial charge < -0.3 is 15.7 Å². The van der Waals surface area contributed by atoms with Crippen molar-refractivity contribution in [2.45, 2.75) is 32.7 Å². The Bertz CT molecular complexity index is 840. The van der Waals surface area contributed by atoms with Crippen LogP contribution < -0.4 is 10.6 Å². The molecule has 0 fully saturated rings. The number of thiophene rings is 1. The predicted molar refractivity (Wildman–Crippen MR) is 106 cm³/mol. The van der Waals surface area contributed by atoms with Crippen molar-refractivity contribution in [1.82, 2.24) is 9.97 Å². The Hall–Kier alpha value is -2.18. The summed E-state index contributed by atoms with van der Waals surface area (Å²) in [5.41, 5.74) is 3.10. The van der Waals surface area contributed by atoms with Crippen LogP contribution in [0, 0.1) is 0 Å². The fourth-order valence-electron chi connectivity index (χ4n) is 2.56. The number of aliphatic hydroxyl groups is 1. The van der Waals surface area contributed by atoms with E-state index >= 15 is 0 Å². The summed E-state index contributed by atoms with van der Waals surface area (Å²) in [6.45, 7) is 7.27. The van der Waals surface area contributed by atoms with Gasteiger partial charge in [-0.1, -0.05) is 0 Å². The molecule has 132 valence electrons. The number of fused-ring (bicyclic) bond motifs is 1. The van der Waals surface area contributed by atoms with Crippen LogP contribution in [-0.2, 0) is 0 Å². The first-order chi connectivity index (χ1) is 12.0. The molecule has 0 amide bonds. The van der Waals surface area contributed by atoms with Gasteiger partial charge in [0.05, 0.1) is 15.9 Å². The van der Waals surface area contributed by atoms with Gasteiger partial charge in [0.2, 0.25) is 0 Å². The van der Waals surface area contributed by atoms with Crippen molar-refractivity contribution in [3.8, 4) is 10.4 Å². The molecule has 0 saturated carbocycles. The van der Waals surface area contributed by atoms with E-state index in [1.165, 1.54) is 4.88 Å². The van der Waals surface area contributed by atoms with Gasteiger partial charge >= 0.3 is 0 Å². The first-order valence-electron chi connectivity index (χ1n) is 8.44. The molecule has 0 aliphatic rings. The highest BCUT2D eigenvalue weighted by Crippen LogP contribution is 2.38. The molecular weight excluding hydrogens is 332 g/mol. The molecule has 0 spiro atoms. The lowest BCUT2D eigenvalue weighted by molar-refractivity contribution is 0.292. The molecule has 0 bridgehead atoms. The van der Waals surface area contributed by atoms with E-state index < -0.39 is 0 Å². The van der Waals surface area contributed by atoms with Crippen molar-refractivity contribution in [1.29, 1.82) is 0 Å². The molecule has 0 radical (unpaired) electrons. The van der Waals surface area contributed by atoms with Crippen molar-refractivity contribution in [3.05, 3.63) is 36.7 Å². The average molecular weight is 356 g/mol. The van der Waals surface area contributed by atoms with Gasteiger partial charge in [-0.2, -0.15) is 0 Å². The number of rotatable bonds is 6. The van der Waals surface area contributed by atoms with Gasteiger partial charge in [-0.05, 0) is 51.0 Å². The summed E-state index contributed by atoms with van der Waals surface area (Å²) in [6.07, 6.45) is 4.33. The molecule has 3 N–H and O–H groups in total. The van der Waals surface area contributed by atoms with E-state index in [0.717, 1.165) is 33.8 Å². The summed E-state index contributed by atoms with van der Waals surface area (Å²) in [7, 11) is 0. The third-order valence-corrected chi connectivity index (χ3v) is 4.80. The number of aliphatic hydroxyl groups excluding tert-OH is 1. The van der Waals surface area contributed by atoms with E-state index in [-0.39, 0.29) is 12.1 Å². The van der Waals surface area contributed by atoms with E-state index in [0.29, 0.717) is 6.42 Å². The minimum atomic E-state index is -0.0625. The lowest BCUT2D eigenvalue weighted by Gasteiger charge is -2.22. The molecule has 3 aromatic heterocycles. The molecular formula is C19H24N4OS. The largest absolute Gasteiger partial charge is 0.396 e. The van der Waals surface area contributed by atoms with Crippen molar-refractivity contribution < 1.29 is 5.11 Å². The van der Waals surface area contributed by atoms with Gasteiger partial charge in [0.25, 0.3) is 0 Å². The molecule has 0 saturated heterocycles. The van der Waals surface area contributed by atoms with Crippen molar-refractivity contribution >= 4 is 33.1 Å². The second kappa shape index (κ2) is 7.37. The summed E-state index contributed by atoms with van der Waals surface area (Å²) in [5, 5.41) is 15.9. The molecule has 0 atom stereocenters. The normalized spacial score (nSPS) is 11.7. The van der Waals surface area contributed by atoms with Crippen molar-refractivity contribution in [2.24, 2.45) is 0 Å². The summed E-state index contributed by atoms with van der Waals surface area (Å²) >= 11 is 1.72. The Balaban J connectivity index is 2.03. The van der Waals surface area contributed by atoms with Crippen molar-refractivity contribution in [2.75, 3.05) is 23.8 Å². The van der Waals surface area contributed by atoms with Crippen molar-refractivity contribution in [3.63, 3.8) is 0 Å². The monoisotopic (exact) mass is 356 g/mol. The highest BCUT2D eigenvalue weighted by atomic mass is 32.1. The maximum atomic E-state index is 9.05. The highest BCUT2D eigenvalue weighted by Gasteiger charge is 2.15. The molecule has 0 aromatic carbocycles. The van der Waals surface area contributed by atoms with Crippen LogP contribution in [0.3, 0.4) is 0 Å². The topological polar surface area (TPSA) is 70.1 Å². The third kappa shape index (κ3) is 4.46. The van der Waals surface area contributed by atoms with E-state index in [1.807, 2.05) is 12.1 Å². The number of hydrogen-bond acceptors (Lipinski definition) is 6. The smallest absolute Gasteiger partial charge is 0.129 e. The first-order valence-corrected chi connectivity index (χ1v) is 9.26. The van der Waals surface area contributed by atoms with Gasteiger partial charge in [-0.25, -0.2) is 4.98 Å². The minimum Gasteiger partial charge on any atom is -0.396 e. The molecule has 0 unspecified atom stereocenters. The van der Waals surface area contributed by atoms with Crippen LogP contribution in [0.2, 0.25) is 0 Å². The fourth-order valence-corrected chi connectivity index (χ4v) is 3.66. The van der Waals surface area contributed by atoms with Gasteiger partial charge in [0.1, 0.15) is 5.82 Å². The van der Waals surface area contributed by atoms with Crippen LogP contribution >= 0.6 is 11.3 Å². The zero-order valence-corrected chi connectivity index (χ0v) is 15.7.